The maximum absolute atomic E-state index is 12.7. The summed E-state index contributed by atoms with van der Waals surface area (Å²) in [5.74, 6) is 0.475. The number of para-hydroxylation sites is 1. The van der Waals surface area contributed by atoms with Crippen LogP contribution in [0, 0.1) is 0 Å². The molecular formula is C19H15BrN4O. The lowest BCUT2D eigenvalue weighted by Gasteiger charge is -2.16. The Balaban J connectivity index is 1.52. The van der Waals surface area contributed by atoms with E-state index in [4.69, 9.17) is 0 Å². The summed E-state index contributed by atoms with van der Waals surface area (Å²) in [6, 6.07) is 19.2. The van der Waals surface area contributed by atoms with Crippen LogP contribution in [0.15, 0.2) is 65.1 Å². The fourth-order valence-electron chi connectivity index (χ4n) is 2.91. The molecule has 0 fully saturated rings. The van der Waals surface area contributed by atoms with Crippen LogP contribution in [-0.4, -0.2) is 22.6 Å². The van der Waals surface area contributed by atoms with Gasteiger partial charge in [-0.05, 0) is 48.4 Å². The quantitative estimate of drug-likeness (QED) is 0.723. The number of hydrogen-bond donors (Lipinski definition) is 1. The number of carbonyl (C=O) groups excluding carboxylic acids is 1. The Labute approximate surface area is 153 Å². The first-order valence-corrected chi connectivity index (χ1v) is 8.76. The molecule has 1 aromatic heterocycles. The van der Waals surface area contributed by atoms with Gasteiger partial charge in [0.25, 0.3) is 5.91 Å². The molecule has 0 saturated carbocycles. The smallest absolute Gasteiger partial charge is 0.278 e. The van der Waals surface area contributed by atoms with E-state index in [1.54, 1.807) is 17.0 Å². The van der Waals surface area contributed by atoms with Gasteiger partial charge in [-0.2, -0.15) is 0 Å². The molecule has 1 amide bonds. The van der Waals surface area contributed by atoms with Gasteiger partial charge in [0.2, 0.25) is 0 Å². The molecule has 0 saturated heterocycles. The number of carbonyl (C=O) groups is 1. The molecule has 3 aromatic rings. The average molecular weight is 395 g/mol. The Kier molecular flexibility index (Phi) is 4.19. The van der Waals surface area contributed by atoms with Crippen molar-refractivity contribution >= 4 is 39.0 Å². The third-order valence-corrected chi connectivity index (χ3v) is 4.61. The van der Waals surface area contributed by atoms with Crippen LogP contribution in [0.1, 0.15) is 16.1 Å². The van der Waals surface area contributed by atoms with Crippen molar-refractivity contribution in [2.75, 3.05) is 16.8 Å². The highest BCUT2D eigenvalue weighted by Gasteiger charge is 2.26. The van der Waals surface area contributed by atoms with Gasteiger partial charge in [0, 0.05) is 22.4 Å². The molecule has 0 spiro atoms. The van der Waals surface area contributed by atoms with Gasteiger partial charge in [0.1, 0.15) is 0 Å². The summed E-state index contributed by atoms with van der Waals surface area (Å²) in [6.07, 6.45) is 0.873. The van der Waals surface area contributed by atoms with Crippen molar-refractivity contribution in [3.8, 4) is 0 Å². The number of nitrogens with one attached hydrogen (secondary N) is 1. The maximum atomic E-state index is 12.7. The number of halogens is 1. The van der Waals surface area contributed by atoms with E-state index in [1.807, 2.05) is 42.5 Å². The molecule has 6 heteroatoms. The van der Waals surface area contributed by atoms with Crippen LogP contribution in [0.2, 0.25) is 0 Å². The average Bonchev–Trinajstić information content (AvgIpc) is 3.06. The van der Waals surface area contributed by atoms with Gasteiger partial charge in [-0.1, -0.05) is 40.2 Å². The second kappa shape index (κ2) is 6.64. The highest BCUT2D eigenvalue weighted by molar-refractivity contribution is 9.10. The summed E-state index contributed by atoms with van der Waals surface area (Å²) in [7, 11) is 0. The van der Waals surface area contributed by atoms with E-state index < -0.39 is 0 Å². The molecule has 1 aliphatic heterocycles. The Morgan fingerprint density at radius 2 is 1.92 bits per heavy atom. The summed E-state index contributed by atoms with van der Waals surface area (Å²) < 4.78 is 0.977. The summed E-state index contributed by atoms with van der Waals surface area (Å²) in [6.45, 7) is 0.678. The fraction of sp³-hybridized carbons (Fsp3) is 0.105. The molecule has 0 aliphatic carbocycles. The van der Waals surface area contributed by atoms with Crippen molar-refractivity contribution in [1.29, 1.82) is 0 Å². The van der Waals surface area contributed by atoms with Crippen LogP contribution in [0.4, 0.5) is 17.2 Å². The largest absolute Gasteiger partial charge is 0.339 e. The van der Waals surface area contributed by atoms with Crippen LogP contribution in [0.3, 0.4) is 0 Å². The van der Waals surface area contributed by atoms with Crippen LogP contribution >= 0.6 is 15.9 Å². The van der Waals surface area contributed by atoms with Gasteiger partial charge >= 0.3 is 0 Å². The summed E-state index contributed by atoms with van der Waals surface area (Å²) in [4.78, 5) is 14.5. The Morgan fingerprint density at radius 3 is 2.72 bits per heavy atom. The van der Waals surface area contributed by atoms with Gasteiger partial charge in [0.05, 0.1) is 0 Å². The van der Waals surface area contributed by atoms with Crippen molar-refractivity contribution in [3.63, 3.8) is 0 Å². The summed E-state index contributed by atoms with van der Waals surface area (Å²) >= 11 is 3.43. The molecule has 2 aromatic carbocycles. The van der Waals surface area contributed by atoms with Gasteiger partial charge in [-0.3, -0.25) is 4.79 Å². The van der Waals surface area contributed by atoms with Crippen molar-refractivity contribution in [1.82, 2.24) is 10.2 Å². The van der Waals surface area contributed by atoms with Gasteiger partial charge in [0.15, 0.2) is 11.5 Å². The van der Waals surface area contributed by atoms with E-state index in [1.165, 1.54) is 5.56 Å². The van der Waals surface area contributed by atoms with Crippen LogP contribution < -0.4 is 10.2 Å². The predicted molar refractivity (Wildman–Crippen MR) is 101 cm³/mol. The first kappa shape index (κ1) is 15.8. The maximum Gasteiger partial charge on any atom is 0.278 e. The van der Waals surface area contributed by atoms with E-state index in [9.17, 15) is 4.79 Å². The molecule has 0 unspecified atom stereocenters. The lowest BCUT2D eigenvalue weighted by atomic mass is 10.2. The number of anilines is 3. The second-order valence-electron chi connectivity index (χ2n) is 5.77. The third-order valence-electron chi connectivity index (χ3n) is 4.11. The normalized spacial score (nSPS) is 12.8. The number of fused-ring (bicyclic) bond motifs is 1. The van der Waals surface area contributed by atoms with Crippen LogP contribution in [0.5, 0.6) is 0 Å². The Hall–Kier alpha value is -2.73. The minimum Gasteiger partial charge on any atom is -0.339 e. The third kappa shape index (κ3) is 3.25. The van der Waals surface area contributed by atoms with Crippen molar-refractivity contribution in [3.05, 3.63) is 76.4 Å². The van der Waals surface area contributed by atoms with Crippen molar-refractivity contribution < 1.29 is 4.79 Å². The topological polar surface area (TPSA) is 58.1 Å². The number of hydrogen-bond acceptors (Lipinski definition) is 4. The Morgan fingerprint density at radius 1 is 1.04 bits per heavy atom. The molecule has 4 rings (SSSR count). The highest BCUT2D eigenvalue weighted by atomic mass is 79.9. The molecule has 2 heterocycles. The zero-order valence-corrected chi connectivity index (χ0v) is 14.9. The standard InChI is InChI=1S/C19H15BrN4O/c20-14-5-3-6-15(12-14)21-18-9-8-16(22-23-18)19(25)24-11-10-13-4-1-2-7-17(13)24/h1-9,12H,10-11H2,(H,21,23). The number of amides is 1. The monoisotopic (exact) mass is 394 g/mol. The molecule has 25 heavy (non-hydrogen) atoms. The minimum absolute atomic E-state index is 0.119. The minimum atomic E-state index is -0.119. The van der Waals surface area contributed by atoms with Crippen LogP contribution in [0.25, 0.3) is 0 Å². The summed E-state index contributed by atoms with van der Waals surface area (Å²) in [5.41, 5.74) is 3.40. The highest BCUT2D eigenvalue weighted by Crippen LogP contribution is 2.28. The Bertz CT molecular complexity index is 927. The molecule has 0 radical (unpaired) electrons. The number of nitrogens with zero attached hydrogens (tertiary/aromatic N) is 3. The molecule has 1 N–H and O–H groups in total. The molecule has 0 atom stereocenters. The number of benzene rings is 2. The first-order chi connectivity index (χ1) is 12.2. The molecular weight excluding hydrogens is 380 g/mol. The lowest BCUT2D eigenvalue weighted by Crippen LogP contribution is -2.29. The van der Waals surface area contributed by atoms with Gasteiger partial charge in [-0.25, -0.2) is 0 Å². The van der Waals surface area contributed by atoms with Crippen molar-refractivity contribution in [2.45, 2.75) is 6.42 Å². The summed E-state index contributed by atoms with van der Waals surface area (Å²) in [5, 5.41) is 11.4. The first-order valence-electron chi connectivity index (χ1n) is 7.97. The predicted octanol–water partition coefficient (Wildman–Crippen LogP) is 4.19. The van der Waals surface area contributed by atoms with Gasteiger partial charge in [-0.15, -0.1) is 10.2 Å². The zero-order valence-electron chi connectivity index (χ0n) is 13.3. The molecule has 124 valence electrons. The van der Waals surface area contributed by atoms with E-state index in [2.05, 4.69) is 37.5 Å². The van der Waals surface area contributed by atoms with E-state index in [0.29, 0.717) is 18.1 Å². The number of aromatic nitrogens is 2. The lowest BCUT2D eigenvalue weighted by molar-refractivity contribution is 0.0983. The molecule has 0 bridgehead atoms. The fourth-order valence-corrected chi connectivity index (χ4v) is 3.31. The van der Waals surface area contributed by atoms with Gasteiger partial charge < -0.3 is 10.2 Å². The zero-order chi connectivity index (χ0) is 17.2. The van der Waals surface area contributed by atoms with Crippen molar-refractivity contribution in [2.24, 2.45) is 0 Å². The van der Waals surface area contributed by atoms with E-state index in [0.717, 1.165) is 22.3 Å². The number of rotatable bonds is 3. The second-order valence-corrected chi connectivity index (χ2v) is 6.69. The van der Waals surface area contributed by atoms with E-state index in [-0.39, 0.29) is 5.91 Å². The molecule has 1 aliphatic rings. The SMILES string of the molecule is O=C(c1ccc(Nc2cccc(Br)c2)nn1)N1CCc2ccccc21. The van der Waals surface area contributed by atoms with E-state index >= 15 is 0 Å². The van der Waals surface area contributed by atoms with Crippen LogP contribution in [-0.2, 0) is 6.42 Å². The molecule has 5 nitrogen and oxygen atoms in total.